The standard InChI is InChI=1S/C10H10BrFO3/c1-5(2)15-9-6(10(13)14)3-4-7(12)8(9)11/h3-5H,1-2H3,(H,13,14). The van der Waals surface area contributed by atoms with Gasteiger partial charge in [-0.15, -0.1) is 0 Å². The molecule has 1 rings (SSSR count). The Kier molecular flexibility index (Phi) is 3.68. The van der Waals surface area contributed by atoms with Crippen molar-refractivity contribution in [3.63, 3.8) is 0 Å². The number of carbonyl (C=O) groups is 1. The molecule has 0 aliphatic heterocycles. The summed E-state index contributed by atoms with van der Waals surface area (Å²) in [5.41, 5.74) is -0.0584. The van der Waals surface area contributed by atoms with Crippen molar-refractivity contribution in [2.75, 3.05) is 0 Å². The van der Waals surface area contributed by atoms with Gasteiger partial charge in [0.2, 0.25) is 0 Å². The number of halogens is 2. The molecule has 1 N–H and O–H groups in total. The Bertz CT molecular complexity index is 390. The Hall–Kier alpha value is -1.10. The predicted molar refractivity (Wildman–Crippen MR) is 56.8 cm³/mol. The van der Waals surface area contributed by atoms with Crippen molar-refractivity contribution in [2.45, 2.75) is 20.0 Å². The van der Waals surface area contributed by atoms with E-state index in [2.05, 4.69) is 15.9 Å². The first-order chi connectivity index (χ1) is 6.93. The van der Waals surface area contributed by atoms with E-state index in [-0.39, 0.29) is 21.9 Å². The monoisotopic (exact) mass is 276 g/mol. The van der Waals surface area contributed by atoms with E-state index in [4.69, 9.17) is 9.84 Å². The Morgan fingerprint density at radius 2 is 2.13 bits per heavy atom. The number of hydrogen-bond acceptors (Lipinski definition) is 2. The van der Waals surface area contributed by atoms with Crippen LogP contribution in [-0.2, 0) is 0 Å². The molecule has 82 valence electrons. The maximum absolute atomic E-state index is 13.2. The van der Waals surface area contributed by atoms with Crippen LogP contribution >= 0.6 is 15.9 Å². The number of carboxylic acids is 1. The third-order valence-corrected chi connectivity index (χ3v) is 2.37. The molecular weight excluding hydrogens is 267 g/mol. The van der Waals surface area contributed by atoms with Crippen LogP contribution in [0.5, 0.6) is 5.75 Å². The SMILES string of the molecule is CC(C)Oc1c(C(=O)O)ccc(F)c1Br. The summed E-state index contributed by atoms with van der Waals surface area (Å²) >= 11 is 2.96. The molecule has 3 nitrogen and oxygen atoms in total. The lowest BCUT2D eigenvalue weighted by atomic mass is 10.2. The number of benzene rings is 1. The van der Waals surface area contributed by atoms with E-state index in [1.54, 1.807) is 13.8 Å². The lowest BCUT2D eigenvalue weighted by Gasteiger charge is -2.14. The van der Waals surface area contributed by atoms with Gasteiger partial charge in [-0.3, -0.25) is 0 Å². The highest BCUT2D eigenvalue weighted by atomic mass is 79.9. The lowest BCUT2D eigenvalue weighted by Crippen LogP contribution is -2.11. The normalized spacial score (nSPS) is 10.5. The molecular formula is C10H10BrFO3. The van der Waals surface area contributed by atoms with Crippen molar-refractivity contribution in [3.05, 3.63) is 28.0 Å². The van der Waals surface area contributed by atoms with Gasteiger partial charge in [0.25, 0.3) is 0 Å². The Morgan fingerprint density at radius 3 is 2.60 bits per heavy atom. The fourth-order valence-electron chi connectivity index (χ4n) is 1.05. The van der Waals surface area contributed by atoms with Gasteiger partial charge in [-0.25, -0.2) is 9.18 Å². The van der Waals surface area contributed by atoms with Crippen LogP contribution in [0.15, 0.2) is 16.6 Å². The average molecular weight is 277 g/mol. The van der Waals surface area contributed by atoms with Crippen molar-refractivity contribution < 1.29 is 19.0 Å². The zero-order valence-corrected chi connectivity index (χ0v) is 9.84. The van der Waals surface area contributed by atoms with Gasteiger partial charge in [0.1, 0.15) is 11.4 Å². The molecule has 0 amide bonds. The van der Waals surface area contributed by atoms with E-state index in [1.165, 1.54) is 6.07 Å². The molecule has 1 aromatic rings. The first-order valence-corrected chi connectivity index (χ1v) is 5.10. The first kappa shape index (κ1) is 12.0. The molecule has 0 heterocycles. The second kappa shape index (κ2) is 4.61. The third kappa shape index (κ3) is 2.68. The minimum Gasteiger partial charge on any atom is -0.489 e. The van der Waals surface area contributed by atoms with Gasteiger partial charge < -0.3 is 9.84 Å². The second-order valence-corrected chi connectivity index (χ2v) is 4.00. The van der Waals surface area contributed by atoms with Crippen molar-refractivity contribution >= 4 is 21.9 Å². The van der Waals surface area contributed by atoms with Crippen molar-refractivity contribution in [3.8, 4) is 5.75 Å². The molecule has 0 aromatic heterocycles. The zero-order valence-electron chi connectivity index (χ0n) is 8.25. The highest BCUT2D eigenvalue weighted by Gasteiger charge is 2.18. The molecule has 0 atom stereocenters. The smallest absolute Gasteiger partial charge is 0.339 e. The Balaban J connectivity index is 3.28. The van der Waals surface area contributed by atoms with Crippen molar-refractivity contribution in [1.82, 2.24) is 0 Å². The van der Waals surface area contributed by atoms with Gasteiger partial charge in [-0.05, 0) is 41.9 Å². The molecule has 5 heteroatoms. The summed E-state index contributed by atoms with van der Waals surface area (Å²) in [4.78, 5) is 10.8. The summed E-state index contributed by atoms with van der Waals surface area (Å²) in [5.74, 6) is -1.67. The summed E-state index contributed by atoms with van der Waals surface area (Å²) in [6.45, 7) is 3.48. The van der Waals surface area contributed by atoms with E-state index in [0.29, 0.717) is 0 Å². The number of rotatable bonds is 3. The van der Waals surface area contributed by atoms with Gasteiger partial charge in [-0.1, -0.05) is 0 Å². The highest BCUT2D eigenvalue weighted by Crippen LogP contribution is 2.32. The molecule has 0 fully saturated rings. The van der Waals surface area contributed by atoms with Crippen LogP contribution in [0.25, 0.3) is 0 Å². The zero-order chi connectivity index (χ0) is 11.6. The quantitative estimate of drug-likeness (QED) is 0.923. The molecule has 0 saturated carbocycles. The molecule has 0 radical (unpaired) electrons. The average Bonchev–Trinajstić information content (AvgIpc) is 2.12. The van der Waals surface area contributed by atoms with Gasteiger partial charge in [-0.2, -0.15) is 0 Å². The first-order valence-electron chi connectivity index (χ1n) is 4.31. The summed E-state index contributed by atoms with van der Waals surface area (Å²) in [6.07, 6.45) is -0.221. The van der Waals surface area contributed by atoms with Crippen LogP contribution in [0.2, 0.25) is 0 Å². The third-order valence-electron chi connectivity index (χ3n) is 1.63. The second-order valence-electron chi connectivity index (χ2n) is 3.21. The van der Waals surface area contributed by atoms with E-state index in [9.17, 15) is 9.18 Å². The predicted octanol–water partition coefficient (Wildman–Crippen LogP) is 3.07. The molecule has 1 aromatic carbocycles. The number of aromatic carboxylic acids is 1. The van der Waals surface area contributed by atoms with E-state index in [0.717, 1.165) is 6.07 Å². The largest absolute Gasteiger partial charge is 0.489 e. The molecule has 0 saturated heterocycles. The summed E-state index contributed by atoms with van der Waals surface area (Å²) in [7, 11) is 0. The van der Waals surface area contributed by atoms with Gasteiger partial charge >= 0.3 is 5.97 Å². The molecule has 0 aliphatic carbocycles. The number of hydrogen-bond donors (Lipinski definition) is 1. The number of ether oxygens (including phenoxy) is 1. The van der Waals surface area contributed by atoms with Crippen LogP contribution in [0.3, 0.4) is 0 Å². The molecule has 0 aliphatic rings. The molecule has 15 heavy (non-hydrogen) atoms. The molecule has 0 unspecified atom stereocenters. The number of carboxylic acid groups (broad SMARTS) is 1. The van der Waals surface area contributed by atoms with Crippen molar-refractivity contribution in [1.29, 1.82) is 0 Å². The maximum Gasteiger partial charge on any atom is 0.339 e. The van der Waals surface area contributed by atoms with E-state index >= 15 is 0 Å². The van der Waals surface area contributed by atoms with E-state index < -0.39 is 11.8 Å². The highest BCUT2D eigenvalue weighted by molar-refractivity contribution is 9.10. The van der Waals surface area contributed by atoms with Crippen LogP contribution in [0, 0.1) is 5.82 Å². The van der Waals surface area contributed by atoms with Crippen molar-refractivity contribution in [2.24, 2.45) is 0 Å². The Morgan fingerprint density at radius 1 is 1.53 bits per heavy atom. The van der Waals surface area contributed by atoms with Gasteiger partial charge in [0.15, 0.2) is 5.75 Å². The van der Waals surface area contributed by atoms with Gasteiger partial charge in [0.05, 0.1) is 10.6 Å². The topological polar surface area (TPSA) is 46.5 Å². The van der Waals surface area contributed by atoms with Gasteiger partial charge in [0, 0.05) is 0 Å². The summed E-state index contributed by atoms with van der Waals surface area (Å²) < 4.78 is 18.4. The minimum atomic E-state index is -1.15. The minimum absolute atomic E-state index is 0.0255. The summed E-state index contributed by atoms with van der Waals surface area (Å²) in [5, 5.41) is 8.87. The maximum atomic E-state index is 13.2. The fourth-order valence-corrected chi connectivity index (χ4v) is 1.49. The fraction of sp³-hybridized carbons (Fsp3) is 0.300. The van der Waals surface area contributed by atoms with Crippen LogP contribution in [0.1, 0.15) is 24.2 Å². The Labute approximate surface area is 95.0 Å². The lowest BCUT2D eigenvalue weighted by molar-refractivity contribution is 0.0690. The molecule has 0 bridgehead atoms. The van der Waals surface area contributed by atoms with Crippen LogP contribution in [-0.4, -0.2) is 17.2 Å². The van der Waals surface area contributed by atoms with Crippen LogP contribution < -0.4 is 4.74 Å². The van der Waals surface area contributed by atoms with Crippen LogP contribution in [0.4, 0.5) is 4.39 Å². The van der Waals surface area contributed by atoms with E-state index in [1.807, 2.05) is 0 Å². The summed E-state index contributed by atoms with van der Waals surface area (Å²) in [6, 6.07) is 2.26. The molecule has 0 spiro atoms.